The molecule has 7 heterocycles. The first-order chi connectivity index (χ1) is 28.2. The number of ether oxygens (including phenoxy) is 4. The number of hydrogen-bond donors (Lipinski definition) is 4. The molecule has 0 aromatic carbocycles. The Balaban J connectivity index is 0.000000171. The van der Waals surface area contributed by atoms with Crippen molar-refractivity contribution in [3.8, 4) is 0 Å². The quantitative estimate of drug-likeness (QED) is 0.180. The van der Waals surface area contributed by atoms with Crippen LogP contribution in [0.4, 0.5) is 0 Å². The Bertz CT molecular complexity index is 2310. The lowest BCUT2D eigenvalue weighted by atomic mass is 9.79. The van der Waals surface area contributed by atoms with Crippen molar-refractivity contribution in [1.29, 1.82) is 0 Å². The molecule has 4 N–H and O–H groups in total. The number of aliphatic hydroxyl groups is 1. The molecule has 4 fully saturated rings. The minimum Gasteiger partial charge on any atom is -0.393 e. The number of aromatic amines is 3. The number of nitrogens with zero attached hydrogens (tertiary/aromatic N) is 3. The maximum absolute atomic E-state index is 12.1. The normalized spacial score (nSPS) is 34.1. The van der Waals surface area contributed by atoms with Gasteiger partial charge in [0, 0.05) is 59.0 Å². The first-order valence-electron chi connectivity index (χ1n) is 20.6. The lowest BCUT2D eigenvalue weighted by molar-refractivity contribution is -0.111. The fourth-order valence-corrected chi connectivity index (χ4v) is 8.84. The molecule has 17 nitrogen and oxygen atoms in total. The zero-order valence-electron chi connectivity index (χ0n) is 36.4. The second kappa shape index (κ2) is 17.7. The summed E-state index contributed by atoms with van der Waals surface area (Å²) < 4.78 is 27.9. The SMILES string of the molecule is C=CCC1(CC)OC(n2cc(C)c(=O)[nH]c2=O)C(C)C1C.C=CCC1(CO)OC(n2cc(C)c(=O)[nH]c2=O)C(C)C1C.Cc1cn(C2OC3(CO3)C(C)C2C)c(=O)[nH]c1=O. The van der Waals surface area contributed by atoms with E-state index < -0.39 is 40.2 Å². The van der Waals surface area contributed by atoms with Crippen molar-refractivity contribution in [2.45, 2.75) is 124 Å². The van der Waals surface area contributed by atoms with Gasteiger partial charge in [-0.25, -0.2) is 14.4 Å². The molecule has 0 saturated carbocycles. The molecule has 17 heteroatoms. The molecule has 3 aromatic heterocycles. The van der Waals surface area contributed by atoms with E-state index >= 15 is 0 Å². The van der Waals surface area contributed by atoms with Crippen molar-refractivity contribution in [3.05, 3.63) is 123 Å². The van der Waals surface area contributed by atoms with Crippen LogP contribution in [0.2, 0.25) is 0 Å². The van der Waals surface area contributed by atoms with E-state index in [0.29, 0.717) is 35.6 Å². The third-order valence-corrected chi connectivity index (χ3v) is 13.6. The van der Waals surface area contributed by atoms with Gasteiger partial charge in [0.05, 0.1) is 12.2 Å². The standard InChI is InChI=1S/C16H24N2O3.C15H22N2O4.C12H16N2O4/c1-6-8-16(7-2)12(5)11(4)14(21-16)18-9-10(3)13(19)17-15(18)20;1-5-6-15(8-18)11(4)10(3)13(21-15)17-7-9(2)12(19)16-14(17)20;1-6-4-14(11(16)13-9(6)15)10-7(2)8(3)12(18-10)5-17-12/h6,9,11-12,14H,1,7-8H2,2-5H3,(H,17,19,20);5,7,10-11,13,18H,1,6,8H2,2-4H3,(H,16,19,20);4,7-8,10H,5H2,1-3H3,(H,13,15,16). The van der Waals surface area contributed by atoms with Crippen molar-refractivity contribution in [1.82, 2.24) is 28.7 Å². The number of nitrogens with one attached hydrogen (secondary N) is 3. The molecular weight excluding hydrogens is 777 g/mol. The van der Waals surface area contributed by atoms with Crippen molar-refractivity contribution in [3.63, 3.8) is 0 Å². The van der Waals surface area contributed by atoms with E-state index in [1.54, 1.807) is 39.2 Å². The second-order valence-corrected chi connectivity index (χ2v) is 17.1. The molecule has 4 aliphatic heterocycles. The van der Waals surface area contributed by atoms with Gasteiger partial charge in [-0.05, 0) is 51.9 Å². The predicted octanol–water partition coefficient (Wildman–Crippen LogP) is 3.70. The van der Waals surface area contributed by atoms with Crippen LogP contribution in [-0.2, 0) is 18.9 Å². The van der Waals surface area contributed by atoms with Gasteiger partial charge in [-0.2, -0.15) is 0 Å². The summed E-state index contributed by atoms with van der Waals surface area (Å²) in [6.45, 7) is 27.3. The minimum absolute atomic E-state index is 0.0140. The first-order valence-corrected chi connectivity index (χ1v) is 20.6. The molecule has 0 bridgehead atoms. The molecule has 7 rings (SSSR count). The van der Waals surface area contributed by atoms with Crippen LogP contribution in [-0.4, -0.2) is 64.0 Å². The zero-order chi connectivity index (χ0) is 44.6. The van der Waals surface area contributed by atoms with E-state index in [1.807, 2.05) is 26.8 Å². The fourth-order valence-electron chi connectivity index (χ4n) is 8.84. The number of aliphatic hydroxyl groups excluding tert-OH is 1. The summed E-state index contributed by atoms with van der Waals surface area (Å²) in [4.78, 5) is 77.3. The van der Waals surface area contributed by atoms with Crippen molar-refractivity contribution in [2.75, 3.05) is 13.2 Å². The lowest BCUT2D eigenvalue weighted by Gasteiger charge is -2.31. The van der Waals surface area contributed by atoms with Crippen molar-refractivity contribution >= 4 is 0 Å². The monoisotopic (exact) mass is 838 g/mol. The highest BCUT2D eigenvalue weighted by Gasteiger charge is 2.61. The Labute approximate surface area is 348 Å². The third kappa shape index (κ3) is 8.46. The Morgan fingerprint density at radius 2 is 0.967 bits per heavy atom. The van der Waals surface area contributed by atoms with Crippen LogP contribution in [0.25, 0.3) is 0 Å². The van der Waals surface area contributed by atoms with Crippen LogP contribution in [0.5, 0.6) is 0 Å². The van der Waals surface area contributed by atoms with Gasteiger partial charge in [-0.3, -0.25) is 43.0 Å². The molecule has 1 spiro atoms. The maximum Gasteiger partial charge on any atom is 0.330 e. The van der Waals surface area contributed by atoms with E-state index in [9.17, 15) is 33.9 Å². The summed E-state index contributed by atoms with van der Waals surface area (Å²) in [5.41, 5.74) is -2.03. The van der Waals surface area contributed by atoms with Gasteiger partial charge >= 0.3 is 17.1 Å². The number of aromatic nitrogens is 6. The Morgan fingerprint density at radius 1 is 0.633 bits per heavy atom. The molecule has 330 valence electrons. The molecule has 60 heavy (non-hydrogen) atoms. The lowest BCUT2D eigenvalue weighted by Crippen LogP contribution is -2.39. The van der Waals surface area contributed by atoms with Crippen LogP contribution in [0, 0.1) is 56.3 Å². The minimum atomic E-state index is -0.741. The molecule has 4 saturated heterocycles. The summed E-state index contributed by atoms with van der Waals surface area (Å²) in [5.74, 6) is 0.382. The summed E-state index contributed by atoms with van der Waals surface area (Å²) in [5, 5.41) is 9.75. The molecule has 12 unspecified atom stereocenters. The maximum atomic E-state index is 12.1. The molecule has 0 amide bonds. The highest BCUT2D eigenvalue weighted by molar-refractivity contribution is 5.08. The van der Waals surface area contributed by atoms with Gasteiger partial charge in [-0.1, -0.05) is 60.6 Å². The van der Waals surface area contributed by atoms with E-state index in [0.717, 1.165) is 12.8 Å². The summed E-state index contributed by atoms with van der Waals surface area (Å²) in [7, 11) is 0. The van der Waals surface area contributed by atoms with Gasteiger partial charge < -0.3 is 24.1 Å². The average Bonchev–Trinajstić information content (AvgIpc) is 3.84. The van der Waals surface area contributed by atoms with Gasteiger partial charge in [0.25, 0.3) is 16.7 Å². The first kappa shape index (κ1) is 46.4. The number of H-pyrrole nitrogens is 3. The average molecular weight is 839 g/mol. The Kier molecular flexibility index (Phi) is 13.7. The molecule has 4 aliphatic rings. The highest BCUT2D eigenvalue weighted by atomic mass is 16.8. The Morgan fingerprint density at radius 3 is 1.30 bits per heavy atom. The molecule has 0 aliphatic carbocycles. The van der Waals surface area contributed by atoms with Crippen LogP contribution >= 0.6 is 0 Å². The van der Waals surface area contributed by atoms with Gasteiger partial charge in [0.2, 0.25) is 0 Å². The topological polar surface area (TPSA) is 225 Å². The number of aryl methyl sites for hydroxylation is 3. The number of epoxide rings is 1. The highest BCUT2D eigenvalue weighted by Crippen LogP contribution is 2.53. The van der Waals surface area contributed by atoms with Crippen LogP contribution < -0.4 is 33.7 Å². The van der Waals surface area contributed by atoms with E-state index in [1.165, 1.54) is 19.9 Å². The largest absolute Gasteiger partial charge is 0.393 e. The summed E-state index contributed by atoms with van der Waals surface area (Å²) in [6.07, 6.45) is 9.09. The Hall–Kier alpha value is -4.68. The van der Waals surface area contributed by atoms with Crippen LogP contribution in [0.3, 0.4) is 0 Å². The van der Waals surface area contributed by atoms with Crippen molar-refractivity contribution in [2.24, 2.45) is 35.5 Å². The van der Waals surface area contributed by atoms with Crippen molar-refractivity contribution < 1.29 is 24.1 Å². The van der Waals surface area contributed by atoms with Crippen LogP contribution in [0.15, 0.2) is 72.7 Å². The summed E-state index contributed by atoms with van der Waals surface area (Å²) >= 11 is 0. The second-order valence-electron chi connectivity index (χ2n) is 17.1. The van der Waals surface area contributed by atoms with E-state index in [4.69, 9.17) is 18.9 Å². The summed E-state index contributed by atoms with van der Waals surface area (Å²) in [6, 6.07) is 0. The third-order valence-electron chi connectivity index (χ3n) is 13.6. The smallest absolute Gasteiger partial charge is 0.330 e. The predicted molar refractivity (Wildman–Crippen MR) is 225 cm³/mol. The molecule has 12 atom stereocenters. The van der Waals surface area contributed by atoms with Gasteiger partial charge in [-0.15, -0.1) is 13.2 Å². The van der Waals surface area contributed by atoms with Gasteiger partial charge in [0.15, 0.2) is 5.79 Å². The van der Waals surface area contributed by atoms with E-state index in [-0.39, 0.29) is 65.4 Å². The molecule has 3 aromatic rings. The molecular formula is C43H62N6O11. The van der Waals surface area contributed by atoms with Gasteiger partial charge in [0.1, 0.15) is 30.9 Å². The van der Waals surface area contributed by atoms with E-state index in [2.05, 4.69) is 55.8 Å². The van der Waals surface area contributed by atoms with Crippen LogP contribution in [0.1, 0.15) is 103 Å². The zero-order valence-corrected chi connectivity index (χ0v) is 36.4. The molecule has 0 radical (unpaired) electrons. The number of rotatable bonds is 9. The number of hydrogen-bond acceptors (Lipinski definition) is 11. The fraction of sp³-hybridized carbons (Fsp3) is 0.628.